The molecule has 1 aromatic heterocycles. The van der Waals surface area contributed by atoms with E-state index in [0.717, 1.165) is 24.5 Å². The molecule has 0 saturated heterocycles. The third-order valence-corrected chi connectivity index (χ3v) is 5.07. The molecule has 5 nitrogen and oxygen atoms in total. The minimum atomic E-state index is -0.111. The zero-order valence-electron chi connectivity index (χ0n) is 12.6. The van der Waals surface area contributed by atoms with Crippen molar-refractivity contribution in [2.24, 2.45) is 7.05 Å². The fourth-order valence-electron chi connectivity index (χ4n) is 2.81. The highest BCUT2D eigenvalue weighted by atomic mass is 32.2. The average molecular weight is 296 g/mol. The van der Waals surface area contributed by atoms with E-state index in [0.29, 0.717) is 6.04 Å². The van der Waals surface area contributed by atoms with E-state index in [4.69, 9.17) is 0 Å². The predicted octanol–water partition coefficient (Wildman–Crippen LogP) is 2.48. The first-order chi connectivity index (χ1) is 9.63. The van der Waals surface area contributed by atoms with Gasteiger partial charge < -0.3 is 9.47 Å². The van der Waals surface area contributed by atoms with E-state index in [1.54, 1.807) is 6.33 Å². The maximum Gasteiger partial charge on any atom is 0.236 e. The van der Waals surface area contributed by atoms with Gasteiger partial charge in [-0.25, -0.2) is 0 Å². The monoisotopic (exact) mass is 296 g/mol. The Hall–Kier alpha value is -1.04. The molecule has 2 rings (SSSR count). The molecule has 20 heavy (non-hydrogen) atoms. The first-order valence-electron chi connectivity index (χ1n) is 7.44. The Morgan fingerprint density at radius 3 is 2.75 bits per heavy atom. The minimum Gasteiger partial charge on any atom is -0.339 e. The lowest BCUT2D eigenvalue weighted by atomic mass is 9.94. The van der Waals surface area contributed by atoms with Crippen LogP contribution in [0.2, 0.25) is 0 Å². The molecule has 1 heterocycles. The molecule has 1 aliphatic rings. The Morgan fingerprint density at radius 2 is 2.20 bits per heavy atom. The third kappa shape index (κ3) is 3.53. The molecule has 1 amide bonds. The van der Waals surface area contributed by atoms with E-state index in [1.807, 2.05) is 18.5 Å². The lowest BCUT2D eigenvalue weighted by Gasteiger charge is -2.35. The average Bonchev–Trinajstić information content (AvgIpc) is 2.86. The first-order valence-corrected chi connectivity index (χ1v) is 8.32. The largest absolute Gasteiger partial charge is 0.339 e. The van der Waals surface area contributed by atoms with Crippen molar-refractivity contribution >= 4 is 17.7 Å². The van der Waals surface area contributed by atoms with Crippen molar-refractivity contribution < 1.29 is 4.79 Å². The first kappa shape index (κ1) is 15.4. The van der Waals surface area contributed by atoms with Gasteiger partial charge in [-0.1, -0.05) is 31.0 Å². The van der Waals surface area contributed by atoms with Crippen LogP contribution in [0.3, 0.4) is 0 Å². The van der Waals surface area contributed by atoms with Crippen LogP contribution < -0.4 is 0 Å². The maximum atomic E-state index is 12.7. The Balaban J connectivity index is 1.98. The van der Waals surface area contributed by atoms with Gasteiger partial charge in [-0.15, -0.1) is 10.2 Å². The molecule has 1 unspecified atom stereocenters. The molecular weight excluding hydrogens is 272 g/mol. The Morgan fingerprint density at radius 1 is 1.50 bits per heavy atom. The van der Waals surface area contributed by atoms with Crippen molar-refractivity contribution in [3.05, 3.63) is 6.33 Å². The summed E-state index contributed by atoms with van der Waals surface area (Å²) in [6.45, 7) is 4.84. The molecule has 0 spiro atoms. The minimum absolute atomic E-state index is 0.111. The molecule has 1 atom stereocenters. The van der Waals surface area contributed by atoms with Crippen LogP contribution in [0.25, 0.3) is 0 Å². The third-order valence-electron chi connectivity index (χ3n) is 3.94. The fraction of sp³-hybridized carbons (Fsp3) is 0.786. The van der Waals surface area contributed by atoms with Gasteiger partial charge in [0.05, 0.1) is 5.25 Å². The fourth-order valence-corrected chi connectivity index (χ4v) is 3.67. The van der Waals surface area contributed by atoms with Crippen molar-refractivity contribution in [3.8, 4) is 0 Å². The van der Waals surface area contributed by atoms with Crippen LogP contribution in [0.15, 0.2) is 11.5 Å². The summed E-state index contributed by atoms with van der Waals surface area (Å²) in [5, 5.41) is 8.58. The highest BCUT2D eigenvalue weighted by Gasteiger charge is 2.28. The summed E-state index contributed by atoms with van der Waals surface area (Å²) in [6, 6.07) is 0.434. The maximum absolute atomic E-state index is 12.7. The number of nitrogens with zero attached hydrogens (tertiary/aromatic N) is 4. The molecule has 6 heteroatoms. The van der Waals surface area contributed by atoms with Crippen LogP contribution in [0.4, 0.5) is 0 Å². The smallest absolute Gasteiger partial charge is 0.236 e. The van der Waals surface area contributed by atoms with Crippen LogP contribution in [0.1, 0.15) is 46.0 Å². The summed E-state index contributed by atoms with van der Waals surface area (Å²) < 4.78 is 1.85. The topological polar surface area (TPSA) is 51.0 Å². The highest BCUT2D eigenvalue weighted by Crippen LogP contribution is 2.26. The van der Waals surface area contributed by atoms with Crippen molar-refractivity contribution in [2.45, 2.75) is 62.4 Å². The van der Waals surface area contributed by atoms with Crippen LogP contribution in [-0.2, 0) is 11.8 Å². The second-order valence-corrected chi connectivity index (χ2v) is 6.71. The number of aromatic nitrogens is 3. The Kier molecular flexibility index (Phi) is 5.46. The van der Waals surface area contributed by atoms with Crippen LogP contribution in [-0.4, -0.2) is 43.4 Å². The lowest BCUT2D eigenvalue weighted by molar-refractivity contribution is -0.133. The Bertz CT molecular complexity index is 442. The van der Waals surface area contributed by atoms with E-state index >= 15 is 0 Å². The SMILES string of the molecule is CCN(C(=O)C(C)Sc1nncn1C)C1CCCCC1. The van der Waals surface area contributed by atoms with E-state index in [9.17, 15) is 4.79 Å². The van der Waals surface area contributed by atoms with E-state index in [1.165, 1.54) is 31.0 Å². The van der Waals surface area contributed by atoms with Crippen molar-refractivity contribution in [1.29, 1.82) is 0 Å². The number of rotatable bonds is 5. The van der Waals surface area contributed by atoms with Crippen LogP contribution >= 0.6 is 11.8 Å². The zero-order chi connectivity index (χ0) is 14.5. The van der Waals surface area contributed by atoms with E-state index < -0.39 is 0 Å². The van der Waals surface area contributed by atoms with E-state index in [-0.39, 0.29) is 11.2 Å². The molecule has 0 bridgehead atoms. The molecular formula is C14H24N4OS. The second kappa shape index (κ2) is 7.11. The van der Waals surface area contributed by atoms with Crippen molar-refractivity contribution in [2.75, 3.05) is 6.54 Å². The number of carbonyl (C=O) groups is 1. The molecule has 0 aliphatic heterocycles. The van der Waals surface area contributed by atoms with Gasteiger partial charge in [-0.3, -0.25) is 4.79 Å². The molecule has 1 saturated carbocycles. The molecule has 0 N–H and O–H groups in total. The van der Waals surface area contributed by atoms with Gasteiger partial charge in [0.1, 0.15) is 6.33 Å². The normalized spacial score (nSPS) is 17.9. The summed E-state index contributed by atoms with van der Waals surface area (Å²) in [4.78, 5) is 14.7. The number of carbonyl (C=O) groups excluding carboxylic acids is 1. The van der Waals surface area contributed by atoms with Gasteiger partial charge >= 0.3 is 0 Å². The van der Waals surface area contributed by atoms with Gasteiger partial charge in [-0.05, 0) is 26.7 Å². The van der Waals surface area contributed by atoms with Crippen LogP contribution in [0.5, 0.6) is 0 Å². The molecule has 0 radical (unpaired) electrons. The summed E-state index contributed by atoms with van der Waals surface area (Å²) in [7, 11) is 1.90. The summed E-state index contributed by atoms with van der Waals surface area (Å²) >= 11 is 1.49. The lowest BCUT2D eigenvalue weighted by Crippen LogP contribution is -2.44. The standard InChI is InChI=1S/C14H24N4OS/c1-4-18(12-8-6-5-7-9-12)13(19)11(2)20-14-16-15-10-17(14)3/h10-12H,4-9H2,1-3H3. The molecule has 1 fully saturated rings. The molecule has 0 aromatic carbocycles. The number of amides is 1. The predicted molar refractivity (Wildman–Crippen MR) is 80.6 cm³/mol. The number of hydrogen-bond acceptors (Lipinski definition) is 4. The number of aryl methyl sites for hydroxylation is 1. The molecule has 112 valence electrons. The van der Waals surface area contributed by atoms with Crippen LogP contribution in [0, 0.1) is 0 Å². The van der Waals surface area contributed by atoms with Gasteiger partial charge in [0, 0.05) is 19.6 Å². The van der Waals surface area contributed by atoms with E-state index in [2.05, 4.69) is 22.0 Å². The number of hydrogen-bond donors (Lipinski definition) is 0. The highest BCUT2D eigenvalue weighted by molar-refractivity contribution is 8.00. The van der Waals surface area contributed by atoms with Crippen molar-refractivity contribution in [1.82, 2.24) is 19.7 Å². The Labute approximate surface area is 125 Å². The number of thioether (sulfide) groups is 1. The second-order valence-electron chi connectivity index (χ2n) is 5.40. The van der Waals surface area contributed by atoms with Crippen molar-refractivity contribution in [3.63, 3.8) is 0 Å². The van der Waals surface area contributed by atoms with Gasteiger partial charge in [0.2, 0.25) is 5.91 Å². The molecule has 1 aliphatic carbocycles. The van der Waals surface area contributed by atoms with Gasteiger partial charge in [0.25, 0.3) is 0 Å². The summed E-state index contributed by atoms with van der Waals surface area (Å²) in [5.74, 6) is 0.229. The zero-order valence-corrected chi connectivity index (χ0v) is 13.4. The molecule has 1 aromatic rings. The summed E-state index contributed by atoms with van der Waals surface area (Å²) in [6.07, 6.45) is 7.78. The summed E-state index contributed by atoms with van der Waals surface area (Å²) in [5.41, 5.74) is 0. The quantitative estimate of drug-likeness (QED) is 0.783. The van der Waals surface area contributed by atoms with Gasteiger partial charge in [0.15, 0.2) is 5.16 Å². The van der Waals surface area contributed by atoms with Gasteiger partial charge in [-0.2, -0.15) is 0 Å².